The number of nitrogens with one attached hydrogen (secondary N) is 2. The van der Waals surface area contributed by atoms with Gasteiger partial charge in [-0.2, -0.15) is 0 Å². The van der Waals surface area contributed by atoms with Crippen molar-refractivity contribution in [3.05, 3.63) is 34.6 Å². The van der Waals surface area contributed by atoms with Crippen molar-refractivity contribution in [2.75, 3.05) is 19.6 Å². The molecular formula is C13H18ClFN2. The summed E-state index contributed by atoms with van der Waals surface area (Å²) in [5.41, 5.74) is 0.608. The molecule has 0 radical (unpaired) electrons. The van der Waals surface area contributed by atoms with Crippen LogP contribution >= 0.6 is 11.6 Å². The first-order chi connectivity index (χ1) is 8.27. The van der Waals surface area contributed by atoms with Gasteiger partial charge in [0, 0.05) is 29.7 Å². The molecule has 1 aliphatic rings. The van der Waals surface area contributed by atoms with Gasteiger partial charge in [-0.15, -0.1) is 0 Å². The third-order valence-corrected chi connectivity index (χ3v) is 3.28. The predicted molar refractivity (Wildman–Crippen MR) is 69.0 cm³/mol. The van der Waals surface area contributed by atoms with E-state index in [9.17, 15) is 4.39 Å². The molecule has 4 heteroatoms. The van der Waals surface area contributed by atoms with Crippen LogP contribution in [0.4, 0.5) is 4.39 Å². The summed E-state index contributed by atoms with van der Waals surface area (Å²) in [7, 11) is 0. The van der Waals surface area contributed by atoms with Crippen molar-refractivity contribution in [1.29, 1.82) is 0 Å². The number of halogens is 2. The SMILES string of the molecule is Fc1cccc(Cl)c1CCNCCNC1CC1. The van der Waals surface area contributed by atoms with Crippen molar-refractivity contribution in [3.8, 4) is 0 Å². The molecule has 0 bridgehead atoms. The van der Waals surface area contributed by atoms with Crippen LogP contribution in [-0.2, 0) is 6.42 Å². The minimum Gasteiger partial charge on any atom is -0.315 e. The molecule has 1 aliphatic carbocycles. The Labute approximate surface area is 107 Å². The predicted octanol–water partition coefficient (Wildman–Crippen LogP) is 2.36. The number of hydrogen-bond acceptors (Lipinski definition) is 2. The van der Waals surface area contributed by atoms with Crippen LogP contribution in [-0.4, -0.2) is 25.7 Å². The van der Waals surface area contributed by atoms with E-state index in [1.807, 2.05) is 0 Å². The van der Waals surface area contributed by atoms with Gasteiger partial charge < -0.3 is 10.6 Å². The van der Waals surface area contributed by atoms with E-state index < -0.39 is 0 Å². The lowest BCUT2D eigenvalue weighted by atomic mass is 10.1. The molecule has 94 valence electrons. The largest absolute Gasteiger partial charge is 0.315 e. The normalized spacial score (nSPS) is 15.2. The Balaban J connectivity index is 1.63. The lowest BCUT2D eigenvalue weighted by Crippen LogP contribution is -2.29. The highest BCUT2D eigenvalue weighted by molar-refractivity contribution is 6.31. The van der Waals surface area contributed by atoms with Crippen LogP contribution in [0.3, 0.4) is 0 Å². The average molecular weight is 257 g/mol. The first kappa shape index (κ1) is 12.8. The lowest BCUT2D eigenvalue weighted by molar-refractivity contribution is 0.584. The Morgan fingerprint density at radius 3 is 2.76 bits per heavy atom. The lowest BCUT2D eigenvalue weighted by Gasteiger charge is -2.07. The first-order valence-electron chi connectivity index (χ1n) is 6.14. The molecule has 0 spiro atoms. The van der Waals surface area contributed by atoms with Crippen LogP contribution in [0.25, 0.3) is 0 Å². The number of rotatable bonds is 7. The summed E-state index contributed by atoms with van der Waals surface area (Å²) in [6, 6.07) is 5.57. The minimum absolute atomic E-state index is 0.213. The van der Waals surface area contributed by atoms with Crippen molar-refractivity contribution in [2.24, 2.45) is 0 Å². The molecule has 0 aromatic heterocycles. The van der Waals surface area contributed by atoms with Crippen molar-refractivity contribution in [2.45, 2.75) is 25.3 Å². The quantitative estimate of drug-likeness (QED) is 0.732. The van der Waals surface area contributed by atoms with Crippen LogP contribution in [0.5, 0.6) is 0 Å². The van der Waals surface area contributed by atoms with Crippen LogP contribution in [0, 0.1) is 5.82 Å². The summed E-state index contributed by atoms with van der Waals surface area (Å²) in [6.07, 6.45) is 3.25. The highest BCUT2D eigenvalue weighted by Crippen LogP contribution is 2.19. The monoisotopic (exact) mass is 256 g/mol. The molecule has 1 fully saturated rings. The molecule has 0 amide bonds. The van der Waals surface area contributed by atoms with E-state index in [0.29, 0.717) is 17.0 Å². The van der Waals surface area contributed by atoms with Gasteiger partial charge in [0.05, 0.1) is 0 Å². The molecule has 0 aliphatic heterocycles. The fourth-order valence-corrected chi connectivity index (χ4v) is 2.02. The zero-order valence-corrected chi connectivity index (χ0v) is 10.6. The summed E-state index contributed by atoms with van der Waals surface area (Å²) < 4.78 is 13.4. The zero-order chi connectivity index (χ0) is 12.1. The second-order valence-electron chi connectivity index (χ2n) is 4.43. The summed E-state index contributed by atoms with van der Waals surface area (Å²) in [6.45, 7) is 2.66. The highest BCUT2D eigenvalue weighted by Gasteiger charge is 2.19. The number of benzene rings is 1. The minimum atomic E-state index is -0.213. The maximum Gasteiger partial charge on any atom is 0.127 e. The summed E-state index contributed by atoms with van der Waals surface area (Å²) in [5, 5.41) is 7.22. The zero-order valence-electron chi connectivity index (χ0n) is 9.81. The standard InChI is InChI=1S/C13H18ClFN2/c14-12-2-1-3-13(15)11(12)6-7-16-8-9-17-10-4-5-10/h1-3,10,16-17H,4-9H2. The topological polar surface area (TPSA) is 24.1 Å². The third-order valence-electron chi connectivity index (χ3n) is 2.93. The fraction of sp³-hybridized carbons (Fsp3) is 0.538. The van der Waals surface area contributed by atoms with Crippen molar-refractivity contribution < 1.29 is 4.39 Å². The first-order valence-corrected chi connectivity index (χ1v) is 6.52. The van der Waals surface area contributed by atoms with E-state index in [1.165, 1.54) is 18.9 Å². The molecule has 2 nitrogen and oxygen atoms in total. The molecule has 2 N–H and O–H groups in total. The van der Waals surface area contributed by atoms with Gasteiger partial charge in [0.25, 0.3) is 0 Å². The van der Waals surface area contributed by atoms with Gasteiger partial charge >= 0.3 is 0 Å². The smallest absolute Gasteiger partial charge is 0.127 e. The fourth-order valence-electron chi connectivity index (χ4n) is 1.76. The molecule has 17 heavy (non-hydrogen) atoms. The Hall–Kier alpha value is -0.640. The maximum atomic E-state index is 13.4. The Morgan fingerprint density at radius 2 is 2.06 bits per heavy atom. The maximum absolute atomic E-state index is 13.4. The Bertz CT molecular complexity index is 346. The van der Waals surface area contributed by atoms with Gasteiger partial charge in [-0.3, -0.25) is 0 Å². The molecule has 0 heterocycles. The molecule has 1 aromatic carbocycles. The number of hydrogen-bond donors (Lipinski definition) is 2. The molecular weight excluding hydrogens is 239 g/mol. The van der Waals surface area contributed by atoms with Crippen LogP contribution in [0.2, 0.25) is 5.02 Å². The summed E-state index contributed by atoms with van der Waals surface area (Å²) in [5.74, 6) is -0.213. The van der Waals surface area contributed by atoms with Gasteiger partial charge in [-0.05, 0) is 37.9 Å². The van der Waals surface area contributed by atoms with Gasteiger partial charge in [-0.25, -0.2) is 4.39 Å². The van der Waals surface area contributed by atoms with E-state index in [-0.39, 0.29) is 5.82 Å². The van der Waals surface area contributed by atoms with E-state index >= 15 is 0 Å². The molecule has 1 saturated carbocycles. The van der Waals surface area contributed by atoms with Gasteiger partial charge in [0.1, 0.15) is 5.82 Å². The van der Waals surface area contributed by atoms with Crippen molar-refractivity contribution in [1.82, 2.24) is 10.6 Å². The molecule has 0 atom stereocenters. The second kappa shape index (κ2) is 6.34. The van der Waals surface area contributed by atoms with Crippen LogP contribution < -0.4 is 10.6 Å². The molecule has 2 rings (SSSR count). The molecule has 0 unspecified atom stereocenters. The van der Waals surface area contributed by atoms with E-state index in [1.54, 1.807) is 12.1 Å². The van der Waals surface area contributed by atoms with Crippen molar-refractivity contribution >= 4 is 11.6 Å². The van der Waals surface area contributed by atoms with Gasteiger partial charge in [-0.1, -0.05) is 17.7 Å². The van der Waals surface area contributed by atoms with Gasteiger partial charge in [0.2, 0.25) is 0 Å². The summed E-state index contributed by atoms with van der Waals surface area (Å²) in [4.78, 5) is 0. The summed E-state index contributed by atoms with van der Waals surface area (Å²) >= 11 is 5.94. The average Bonchev–Trinajstić information content (AvgIpc) is 3.10. The molecule has 0 saturated heterocycles. The van der Waals surface area contributed by atoms with E-state index in [0.717, 1.165) is 25.7 Å². The van der Waals surface area contributed by atoms with E-state index in [4.69, 9.17) is 11.6 Å². The van der Waals surface area contributed by atoms with Crippen molar-refractivity contribution in [3.63, 3.8) is 0 Å². The molecule has 1 aromatic rings. The Kier molecular flexibility index (Phi) is 4.77. The Morgan fingerprint density at radius 1 is 1.24 bits per heavy atom. The third kappa shape index (κ3) is 4.26. The van der Waals surface area contributed by atoms with Crippen LogP contribution in [0.15, 0.2) is 18.2 Å². The van der Waals surface area contributed by atoms with Crippen LogP contribution in [0.1, 0.15) is 18.4 Å². The highest BCUT2D eigenvalue weighted by atomic mass is 35.5. The second-order valence-corrected chi connectivity index (χ2v) is 4.84. The van der Waals surface area contributed by atoms with Gasteiger partial charge in [0.15, 0.2) is 0 Å². The van der Waals surface area contributed by atoms with E-state index in [2.05, 4.69) is 10.6 Å².